The van der Waals surface area contributed by atoms with Gasteiger partial charge in [0.2, 0.25) is 5.13 Å². The minimum absolute atomic E-state index is 0.324. The summed E-state index contributed by atoms with van der Waals surface area (Å²) in [4.78, 5) is 12.0. The maximum absolute atomic E-state index is 12.0. The highest BCUT2D eigenvalue weighted by molar-refractivity contribution is 8.00. The molecule has 0 atom stereocenters. The molecule has 0 aliphatic heterocycles. The first-order valence-electron chi connectivity index (χ1n) is 7.34. The van der Waals surface area contributed by atoms with E-state index < -0.39 is 0 Å². The zero-order valence-electron chi connectivity index (χ0n) is 13.0. The standard InChI is InChI=1S/C17H16N4OS2/c1-12-7-9-14(10-8-12)18-15(22)19-16-20-21-17(24-16)23-11-13-5-3-2-4-6-13/h2-10H,11H2,1H3,(H2,18,19,20,22). The van der Waals surface area contributed by atoms with E-state index in [1.807, 2.05) is 49.4 Å². The van der Waals surface area contributed by atoms with Crippen molar-refractivity contribution < 1.29 is 4.79 Å². The van der Waals surface area contributed by atoms with Gasteiger partial charge >= 0.3 is 6.03 Å². The maximum Gasteiger partial charge on any atom is 0.325 e. The predicted octanol–water partition coefficient (Wildman–Crippen LogP) is 4.78. The molecule has 0 unspecified atom stereocenters. The van der Waals surface area contributed by atoms with E-state index in [9.17, 15) is 4.79 Å². The van der Waals surface area contributed by atoms with E-state index in [1.165, 1.54) is 16.9 Å². The summed E-state index contributed by atoms with van der Waals surface area (Å²) in [5, 5.41) is 14.0. The topological polar surface area (TPSA) is 66.9 Å². The molecule has 7 heteroatoms. The van der Waals surface area contributed by atoms with Crippen molar-refractivity contribution in [2.24, 2.45) is 0 Å². The molecular formula is C17H16N4OS2. The second kappa shape index (κ2) is 7.94. The van der Waals surface area contributed by atoms with E-state index >= 15 is 0 Å². The lowest BCUT2D eigenvalue weighted by atomic mass is 10.2. The number of carbonyl (C=O) groups excluding carboxylic acids is 1. The first-order chi connectivity index (χ1) is 11.7. The van der Waals surface area contributed by atoms with Crippen molar-refractivity contribution in [2.75, 3.05) is 10.6 Å². The summed E-state index contributed by atoms with van der Waals surface area (Å²) in [6.07, 6.45) is 0. The van der Waals surface area contributed by atoms with E-state index in [0.29, 0.717) is 5.13 Å². The number of nitrogens with zero attached hydrogens (tertiary/aromatic N) is 2. The number of aryl methyl sites for hydroxylation is 1. The molecule has 24 heavy (non-hydrogen) atoms. The van der Waals surface area contributed by atoms with Gasteiger partial charge in [0.1, 0.15) is 0 Å². The molecule has 3 aromatic rings. The molecule has 0 fully saturated rings. The van der Waals surface area contributed by atoms with Crippen LogP contribution in [0.2, 0.25) is 0 Å². The van der Waals surface area contributed by atoms with Gasteiger partial charge in [-0.1, -0.05) is 71.1 Å². The van der Waals surface area contributed by atoms with Crippen molar-refractivity contribution in [2.45, 2.75) is 17.0 Å². The van der Waals surface area contributed by atoms with Crippen LogP contribution >= 0.6 is 23.1 Å². The van der Waals surface area contributed by atoms with Gasteiger partial charge in [-0.2, -0.15) is 0 Å². The molecule has 0 radical (unpaired) electrons. The second-order valence-corrected chi connectivity index (χ2v) is 7.29. The highest BCUT2D eigenvalue weighted by Crippen LogP contribution is 2.28. The first-order valence-corrected chi connectivity index (χ1v) is 9.14. The molecule has 1 aromatic heterocycles. The quantitative estimate of drug-likeness (QED) is 0.510. The Morgan fingerprint density at radius 2 is 1.79 bits per heavy atom. The van der Waals surface area contributed by atoms with Gasteiger partial charge < -0.3 is 5.32 Å². The van der Waals surface area contributed by atoms with Crippen molar-refractivity contribution in [3.05, 3.63) is 65.7 Å². The largest absolute Gasteiger partial charge is 0.325 e. The third-order valence-corrected chi connectivity index (χ3v) is 5.18. The number of anilines is 2. The maximum atomic E-state index is 12.0. The lowest BCUT2D eigenvalue weighted by Crippen LogP contribution is -2.19. The first kappa shape index (κ1) is 16.5. The SMILES string of the molecule is Cc1ccc(NC(=O)Nc2nnc(SCc3ccccc3)s2)cc1. The van der Waals surface area contributed by atoms with Gasteiger partial charge in [-0.05, 0) is 24.6 Å². The number of benzene rings is 2. The summed E-state index contributed by atoms with van der Waals surface area (Å²) in [6.45, 7) is 2.00. The van der Waals surface area contributed by atoms with Crippen LogP contribution in [-0.4, -0.2) is 16.2 Å². The summed E-state index contributed by atoms with van der Waals surface area (Å²) in [5.41, 5.74) is 3.11. The highest BCUT2D eigenvalue weighted by atomic mass is 32.2. The summed E-state index contributed by atoms with van der Waals surface area (Å²) >= 11 is 2.96. The molecule has 122 valence electrons. The van der Waals surface area contributed by atoms with Gasteiger partial charge in [0.25, 0.3) is 0 Å². The van der Waals surface area contributed by atoms with E-state index in [4.69, 9.17) is 0 Å². The van der Waals surface area contributed by atoms with Crippen LogP contribution in [0.3, 0.4) is 0 Å². The molecule has 1 heterocycles. The molecular weight excluding hydrogens is 340 g/mol. The molecule has 5 nitrogen and oxygen atoms in total. The Kier molecular flexibility index (Phi) is 5.45. The number of thioether (sulfide) groups is 1. The number of nitrogens with one attached hydrogen (secondary N) is 2. The zero-order valence-corrected chi connectivity index (χ0v) is 14.7. The molecule has 0 aliphatic carbocycles. The lowest BCUT2D eigenvalue weighted by molar-refractivity contribution is 0.262. The number of carbonyl (C=O) groups is 1. The van der Waals surface area contributed by atoms with Crippen LogP contribution < -0.4 is 10.6 Å². The van der Waals surface area contributed by atoms with Crippen molar-refractivity contribution in [3.63, 3.8) is 0 Å². The zero-order chi connectivity index (χ0) is 16.8. The van der Waals surface area contributed by atoms with Crippen LogP contribution in [0, 0.1) is 6.92 Å². The molecule has 0 saturated carbocycles. The predicted molar refractivity (Wildman–Crippen MR) is 99.7 cm³/mol. The Morgan fingerprint density at radius 1 is 1.04 bits per heavy atom. The minimum atomic E-state index is -0.324. The number of aromatic nitrogens is 2. The number of urea groups is 1. The summed E-state index contributed by atoms with van der Waals surface area (Å²) < 4.78 is 0.824. The van der Waals surface area contributed by atoms with E-state index in [-0.39, 0.29) is 6.03 Å². The van der Waals surface area contributed by atoms with Crippen molar-refractivity contribution in [1.29, 1.82) is 0 Å². The van der Waals surface area contributed by atoms with E-state index in [1.54, 1.807) is 11.8 Å². The molecule has 0 bridgehead atoms. The summed E-state index contributed by atoms with van der Waals surface area (Å²) in [6, 6.07) is 17.4. The summed E-state index contributed by atoms with van der Waals surface area (Å²) in [5.74, 6) is 0.824. The van der Waals surface area contributed by atoms with Gasteiger partial charge in [0.05, 0.1) is 0 Å². The van der Waals surface area contributed by atoms with Crippen molar-refractivity contribution in [1.82, 2.24) is 10.2 Å². The molecule has 3 rings (SSSR count). The Morgan fingerprint density at radius 3 is 2.54 bits per heavy atom. The normalized spacial score (nSPS) is 10.4. The van der Waals surface area contributed by atoms with Gasteiger partial charge in [-0.15, -0.1) is 10.2 Å². The van der Waals surface area contributed by atoms with Crippen LogP contribution in [0.1, 0.15) is 11.1 Å². The fourth-order valence-corrected chi connectivity index (χ4v) is 3.64. The van der Waals surface area contributed by atoms with E-state index in [0.717, 1.165) is 21.3 Å². The third kappa shape index (κ3) is 4.81. The smallest absolute Gasteiger partial charge is 0.308 e. The summed E-state index contributed by atoms with van der Waals surface area (Å²) in [7, 11) is 0. The molecule has 2 amide bonds. The Hall–Kier alpha value is -2.38. The van der Waals surface area contributed by atoms with Crippen LogP contribution in [0.25, 0.3) is 0 Å². The number of hydrogen-bond acceptors (Lipinski definition) is 5. The second-order valence-electron chi connectivity index (χ2n) is 5.09. The average Bonchev–Trinajstić information content (AvgIpc) is 3.03. The number of hydrogen-bond donors (Lipinski definition) is 2. The van der Waals surface area contributed by atoms with Crippen LogP contribution in [0.5, 0.6) is 0 Å². The molecule has 0 saturated heterocycles. The Labute approximate surface area is 148 Å². The van der Waals surface area contributed by atoms with Gasteiger partial charge in [-0.3, -0.25) is 5.32 Å². The Bertz CT molecular complexity index is 803. The monoisotopic (exact) mass is 356 g/mol. The van der Waals surface area contributed by atoms with Crippen molar-refractivity contribution in [3.8, 4) is 0 Å². The van der Waals surface area contributed by atoms with Gasteiger partial charge in [0, 0.05) is 11.4 Å². The average molecular weight is 356 g/mol. The fourth-order valence-electron chi connectivity index (χ4n) is 1.93. The molecule has 2 N–H and O–H groups in total. The highest BCUT2D eigenvalue weighted by Gasteiger charge is 2.09. The van der Waals surface area contributed by atoms with Gasteiger partial charge in [-0.25, -0.2) is 4.79 Å². The van der Waals surface area contributed by atoms with Gasteiger partial charge in [0.15, 0.2) is 4.34 Å². The van der Waals surface area contributed by atoms with Crippen LogP contribution in [0.15, 0.2) is 58.9 Å². The van der Waals surface area contributed by atoms with Crippen LogP contribution in [-0.2, 0) is 5.75 Å². The fraction of sp³-hybridized carbons (Fsp3) is 0.118. The van der Waals surface area contributed by atoms with Crippen molar-refractivity contribution >= 4 is 39.9 Å². The molecule has 2 aromatic carbocycles. The Balaban J connectivity index is 1.51. The lowest BCUT2D eigenvalue weighted by Gasteiger charge is -2.04. The molecule has 0 spiro atoms. The minimum Gasteiger partial charge on any atom is -0.308 e. The van der Waals surface area contributed by atoms with E-state index in [2.05, 4.69) is 33.0 Å². The van der Waals surface area contributed by atoms with Crippen LogP contribution in [0.4, 0.5) is 15.6 Å². The number of rotatable bonds is 5. The molecule has 0 aliphatic rings. The third-order valence-electron chi connectivity index (χ3n) is 3.14. The number of amides is 2.